The number of rotatable bonds is 5. The van der Waals surface area contributed by atoms with Gasteiger partial charge < -0.3 is 21.3 Å². The lowest BCUT2D eigenvalue weighted by Crippen LogP contribution is -2.37. The topological polar surface area (TPSA) is 58.5 Å². The van der Waals surface area contributed by atoms with Crippen LogP contribution in [0.1, 0.15) is 18.4 Å². The fourth-order valence-corrected chi connectivity index (χ4v) is 3.50. The quantitative estimate of drug-likeness (QED) is 0.829. The molecule has 0 amide bonds. The van der Waals surface area contributed by atoms with Crippen LogP contribution >= 0.6 is 0 Å². The number of benzene rings is 2. The predicted molar refractivity (Wildman–Crippen MR) is 103 cm³/mol. The van der Waals surface area contributed by atoms with E-state index in [1.165, 1.54) is 24.1 Å². The van der Waals surface area contributed by atoms with Gasteiger partial charge in [-0.05, 0) is 67.8 Å². The Bertz CT molecular complexity index is 628. The number of hydrogen-bond acceptors (Lipinski definition) is 4. The van der Waals surface area contributed by atoms with Crippen LogP contribution in [0.5, 0.6) is 0 Å². The zero-order valence-corrected chi connectivity index (χ0v) is 14.5. The molecule has 0 bridgehead atoms. The maximum Gasteiger partial charge on any atom is 0.0367 e. The lowest BCUT2D eigenvalue weighted by molar-refractivity contribution is 0.242. The highest BCUT2D eigenvalue weighted by atomic mass is 15.1. The molecular weight excluding hydrogens is 296 g/mol. The summed E-state index contributed by atoms with van der Waals surface area (Å²) in [6.07, 6.45) is 2.49. The monoisotopic (exact) mass is 324 g/mol. The third-order valence-electron chi connectivity index (χ3n) is 4.87. The first-order valence-corrected chi connectivity index (χ1v) is 8.73. The van der Waals surface area contributed by atoms with Gasteiger partial charge in [0.1, 0.15) is 0 Å². The summed E-state index contributed by atoms with van der Waals surface area (Å²) in [5.41, 5.74) is 15.8. The van der Waals surface area contributed by atoms with Gasteiger partial charge in [0.2, 0.25) is 0 Å². The average molecular weight is 324 g/mol. The molecule has 0 atom stereocenters. The zero-order valence-electron chi connectivity index (χ0n) is 14.5. The van der Waals surface area contributed by atoms with Gasteiger partial charge in [0.05, 0.1) is 0 Å². The van der Waals surface area contributed by atoms with Gasteiger partial charge in [0.15, 0.2) is 0 Å². The first-order valence-electron chi connectivity index (χ1n) is 8.73. The summed E-state index contributed by atoms with van der Waals surface area (Å²) in [5, 5.41) is 0. The molecule has 0 saturated carbocycles. The molecule has 0 unspecified atom stereocenters. The molecule has 1 heterocycles. The first kappa shape index (κ1) is 16.7. The van der Waals surface area contributed by atoms with E-state index in [2.05, 4.69) is 41.1 Å². The van der Waals surface area contributed by atoms with Crippen LogP contribution < -0.4 is 16.4 Å². The van der Waals surface area contributed by atoms with Crippen LogP contribution in [0.4, 0.5) is 17.1 Å². The van der Waals surface area contributed by atoms with E-state index < -0.39 is 0 Å². The van der Waals surface area contributed by atoms with Gasteiger partial charge in [0, 0.05) is 43.2 Å². The van der Waals surface area contributed by atoms with Crippen molar-refractivity contribution in [3.63, 3.8) is 0 Å². The third-order valence-corrected chi connectivity index (χ3v) is 4.87. The van der Waals surface area contributed by atoms with E-state index in [9.17, 15) is 0 Å². The largest absolute Gasteiger partial charge is 0.399 e. The van der Waals surface area contributed by atoms with E-state index >= 15 is 0 Å². The maximum absolute atomic E-state index is 5.77. The van der Waals surface area contributed by atoms with Crippen LogP contribution in [-0.4, -0.2) is 31.6 Å². The van der Waals surface area contributed by atoms with E-state index in [0.29, 0.717) is 0 Å². The molecule has 0 aromatic heterocycles. The van der Waals surface area contributed by atoms with Crippen molar-refractivity contribution in [1.29, 1.82) is 0 Å². The standard InChI is InChI=1S/C20H28N4/c1-23(14-16-2-4-18(21)5-3-16)15-17-10-12-24(13-11-17)20-8-6-19(22)7-9-20/h2-9,17H,10-15,21-22H2,1H3. The normalized spacial score (nSPS) is 15.8. The van der Waals surface area contributed by atoms with Gasteiger partial charge in [-0.1, -0.05) is 12.1 Å². The molecule has 1 fully saturated rings. The number of anilines is 3. The molecule has 4 N–H and O–H groups in total. The summed E-state index contributed by atoms with van der Waals surface area (Å²) in [6, 6.07) is 16.4. The summed E-state index contributed by atoms with van der Waals surface area (Å²) in [6.45, 7) is 4.40. The van der Waals surface area contributed by atoms with Crippen molar-refractivity contribution in [3.8, 4) is 0 Å². The lowest BCUT2D eigenvalue weighted by Gasteiger charge is -2.35. The smallest absolute Gasteiger partial charge is 0.0367 e. The molecule has 4 heteroatoms. The molecule has 1 saturated heterocycles. The molecule has 2 aromatic carbocycles. The van der Waals surface area contributed by atoms with E-state index in [0.717, 1.165) is 43.5 Å². The van der Waals surface area contributed by atoms with Crippen LogP contribution in [-0.2, 0) is 6.54 Å². The van der Waals surface area contributed by atoms with Crippen molar-refractivity contribution in [2.24, 2.45) is 5.92 Å². The van der Waals surface area contributed by atoms with Crippen LogP contribution in [0, 0.1) is 5.92 Å². The molecule has 2 aromatic rings. The summed E-state index contributed by atoms with van der Waals surface area (Å²) in [4.78, 5) is 4.89. The van der Waals surface area contributed by atoms with Gasteiger partial charge in [-0.25, -0.2) is 0 Å². The Morgan fingerprint density at radius 2 is 1.46 bits per heavy atom. The Hall–Kier alpha value is -2.20. The van der Waals surface area contributed by atoms with Crippen molar-refractivity contribution in [3.05, 3.63) is 54.1 Å². The Labute approximate surface area is 145 Å². The number of hydrogen-bond donors (Lipinski definition) is 2. The van der Waals surface area contributed by atoms with Gasteiger partial charge >= 0.3 is 0 Å². The number of nitrogens with zero attached hydrogens (tertiary/aromatic N) is 2. The second-order valence-corrected chi connectivity index (χ2v) is 6.96. The third kappa shape index (κ3) is 4.42. The Morgan fingerprint density at radius 3 is 2.04 bits per heavy atom. The molecule has 3 rings (SSSR count). The second kappa shape index (κ2) is 7.58. The van der Waals surface area contributed by atoms with Crippen molar-refractivity contribution in [1.82, 2.24) is 4.90 Å². The van der Waals surface area contributed by atoms with E-state index in [1.807, 2.05) is 24.3 Å². The SMILES string of the molecule is CN(Cc1ccc(N)cc1)CC1CCN(c2ccc(N)cc2)CC1. The van der Waals surface area contributed by atoms with Gasteiger partial charge in [-0.2, -0.15) is 0 Å². The molecule has 1 aliphatic heterocycles. The van der Waals surface area contributed by atoms with E-state index in [1.54, 1.807) is 0 Å². The Kier molecular flexibility index (Phi) is 5.26. The van der Waals surface area contributed by atoms with Crippen LogP contribution in [0.3, 0.4) is 0 Å². The molecule has 128 valence electrons. The Balaban J connectivity index is 1.46. The number of nitrogen functional groups attached to an aromatic ring is 2. The molecular formula is C20H28N4. The van der Waals surface area contributed by atoms with Gasteiger partial charge in [-0.15, -0.1) is 0 Å². The highest BCUT2D eigenvalue weighted by Gasteiger charge is 2.20. The maximum atomic E-state index is 5.77. The molecule has 0 aliphatic carbocycles. The lowest BCUT2D eigenvalue weighted by atomic mass is 9.95. The minimum absolute atomic E-state index is 0.772. The molecule has 1 aliphatic rings. The predicted octanol–water partition coefficient (Wildman–Crippen LogP) is 3.20. The van der Waals surface area contributed by atoms with Crippen molar-refractivity contribution < 1.29 is 0 Å². The van der Waals surface area contributed by atoms with Gasteiger partial charge in [-0.3, -0.25) is 0 Å². The average Bonchev–Trinajstić information content (AvgIpc) is 2.58. The molecule has 24 heavy (non-hydrogen) atoms. The first-order chi connectivity index (χ1) is 11.6. The molecule has 0 radical (unpaired) electrons. The summed E-state index contributed by atoms with van der Waals surface area (Å²) in [7, 11) is 2.21. The van der Waals surface area contributed by atoms with E-state index in [4.69, 9.17) is 11.5 Å². The minimum atomic E-state index is 0.772. The number of nitrogens with two attached hydrogens (primary N) is 2. The minimum Gasteiger partial charge on any atom is -0.399 e. The van der Waals surface area contributed by atoms with Crippen molar-refractivity contribution >= 4 is 17.1 Å². The fourth-order valence-electron chi connectivity index (χ4n) is 3.50. The van der Waals surface area contributed by atoms with E-state index in [-0.39, 0.29) is 0 Å². The van der Waals surface area contributed by atoms with Gasteiger partial charge in [0.25, 0.3) is 0 Å². The zero-order chi connectivity index (χ0) is 16.9. The molecule has 0 spiro atoms. The van der Waals surface area contributed by atoms with Crippen molar-refractivity contribution in [2.45, 2.75) is 19.4 Å². The highest BCUT2D eigenvalue weighted by Crippen LogP contribution is 2.24. The van der Waals surface area contributed by atoms with Crippen LogP contribution in [0.2, 0.25) is 0 Å². The van der Waals surface area contributed by atoms with Crippen LogP contribution in [0.15, 0.2) is 48.5 Å². The second-order valence-electron chi connectivity index (χ2n) is 6.96. The fraction of sp³-hybridized carbons (Fsp3) is 0.400. The highest BCUT2D eigenvalue weighted by molar-refractivity contribution is 5.53. The number of piperidine rings is 1. The summed E-state index contributed by atoms with van der Waals surface area (Å²) >= 11 is 0. The molecule has 4 nitrogen and oxygen atoms in total. The summed E-state index contributed by atoms with van der Waals surface area (Å²) < 4.78 is 0. The Morgan fingerprint density at radius 1 is 0.917 bits per heavy atom. The van der Waals surface area contributed by atoms with Crippen LogP contribution in [0.25, 0.3) is 0 Å². The summed E-state index contributed by atoms with van der Waals surface area (Å²) in [5.74, 6) is 0.772. The van der Waals surface area contributed by atoms with Crippen molar-refractivity contribution in [2.75, 3.05) is 43.0 Å².